The number of nitrogens with zero attached hydrogens (tertiary/aromatic N) is 1. The van der Waals surface area contributed by atoms with Gasteiger partial charge in [0.15, 0.2) is 0 Å². The summed E-state index contributed by atoms with van der Waals surface area (Å²) < 4.78 is 6.58. The van der Waals surface area contributed by atoms with E-state index in [4.69, 9.17) is 4.74 Å². The van der Waals surface area contributed by atoms with Crippen LogP contribution in [-0.4, -0.2) is 20.2 Å². The maximum Gasteiger partial charge on any atom is 0.142 e. The van der Waals surface area contributed by atoms with E-state index < -0.39 is 0 Å². The van der Waals surface area contributed by atoms with Crippen molar-refractivity contribution in [3.8, 4) is 5.75 Å². The van der Waals surface area contributed by atoms with Crippen molar-refractivity contribution >= 4 is 21.6 Å². The summed E-state index contributed by atoms with van der Waals surface area (Å²) >= 11 is 3.44. The molecule has 1 heterocycles. The number of anilines is 1. The Labute approximate surface area is 80.3 Å². The van der Waals surface area contributed by atoms with Gasteiger partial charge in [0.2, 0.25) is 0 Å². The van der Waals surface area contributed by atoms with E-state index in [9.17, 15) is 0 Å². The second-order valence-corrected chi connectivity index (χ2v) is 3.80. The number of benzene rings is 1. The fraction of sp³-hybridized carbons (Fsp3) is 0.333. The number of fused-ring (bicyclic) bond motifs is 1. The van der Waals surface area contributed by atoms with E-state index >= 15 is 0 Å². The lowest BCUT2D eigenvalue weighted by molar-refractivity contribution is 0.311. The molecule has 0 saturated heterocycles. The van der Waals surface area contributed by atoms with Crippen LogP contribution >= 0.6 is 15.9 Å². The van der Waals surface area contributed by atoms with Crippen LogP contribution < -0.4 is 9.64 Å². The van der Waals surface area contributed by atoms with E-state index in [0.29, 0.717) is 0 Å². The molecule has 12 heavy (non-hydrogen) atoms. The summed E-state index contributed by atoms with van der Waals surface area (Å²) in [6, 6.07) is 6.07. The van der Waals surface area contributed by atoms with Gasteiger partial charge in [-0.3, -0.25) is 0 Å². The standard InChI is InChI=1S/C9H10BrNO/c1-11-4-5-12-9-3-2-7(10)6-8(9)11/h2-3,6H,4-5H2,1H3. The topological polar surface area (TPSA) is 12.5 Å². The van der Waals surface area contributed by atoms with Gasteiger partial charge in [-0.1, -0.05) is 15.9 Å². The first-order chi connectivity index (χ1) is 5.77. The maximum atomic E-state index is 5.49. The third-order valence-corrected chi connectivity index (χ3v) is 2.51. The smallest absolute Gasteiger partial charge is 0.142 e. The highest BCUT2D eigenvalue weighted by Crippen LogP contribution is 2.32. The zero-order valence-corrected chi connectivity index (χ0v) is 8.47. The summed E-state index contributed by atoms with van der Waals surface area (Å²) in [7, 11) is 2.08. The van der Waals surface area contributed by atoms with Gasteiger partial charge in [0, 0.05) is 11.5 Å². The van der Waals surface area contributed by atoms with E-state index in [2.05, 4.69) is 33.9 Å². The molecule has 0 amide bonds. The molecule has 0 bridgehead atoms. The van der Waals surface area contributed by atoms with Crippen molar-refractivity contribution in [2.45, 2.75) is 0 Å². The Balaban J connectivity index is 2.47. The highest BCUT2D eigenvalue weighted by atomic mass is 79.9. The van der Waals surface area contributed by atoms with Crippen LogP contribution in [0.3, 0.4) is 0 Å². The van der Waals surface area contributed by atoms with Crippen LogP contribution in [0, 0.1) is 0 Å². The molecule has 0 atom stereocenters. The molecular formula is C9H10BrNO. The fourth-order valence-electron chi connectivity index (χ4n) is 1.32. The van der Waals surface area contributed by atoms with E-state index in [1.165, 1.54) is 0 Å². The third-order valence-electron chi connectivity index (χ3n) is 2.02. The fourth-order valence-corrected chi connectivity index (χ4v) is 1.67. The maximum absolute atomic E-state index is 5.49. The predicted octanol–water partition coefficient (Wildman–Crippen LogP) is 2.28. The highest BCUT2D eigenvalue weighted by molar-refractivity contribution is 9.10. The molecule has 1 aromatic carbocycles. The van der Waals surface area contributed by atoms with Gasteiger partial charge in [0.1, 0.15) is 12.4 Å². The molecule has 2 rings (SSSR count). The van der Waals surface area contributed by atoms with Crippen molar-refractivity contribution in [2.24, 2.45) is 0 Å². The number of hydrogen-bond acceptors (Lipinski definition) is 2. The summed E-state index contributed by atoms with van der Waals surface area (Å²) in [6.07, 6.45) is 0. The minimum Gasteiger partial charge on any atom is -0.490 e. The number of ether oxygens (including phenoxy) is 1. The van der Waals surface area contributed by atoms with Crippen molar-refractivity contribution in [1.82, 2.24) is 0 Å². The van der Waals surface area contributed by atoms with Gasteiger partial charge >= 0.3 is 0 Å². The Hall–Kier alpha value is -0.700. The molecule has 0 saturated carbocycles. The van der Waals surface area contributed by atoms with Crippen LogP contribution in [0.1, 0.15) is 0 Å². The van der Waals surface area contributed by atoms with Gasteiger partial charge in [0.05, 0.1) is 12.2 Å². The summed E-state index contributed by atoms with van der Waals surface area (Å²) in [5.41, 5.74) is 1.16. The van der Waals surface area contributed by atoms with Crippen LogP contribution in [0.15, 0.2) is 22.7 Å². The lowest BCUT2D eigenvalue weighted by atomic mass is 10.2. The van der Waals surface area contributed by atoms with Crippen LogP contribution in [-0.2, 0) is 0 Å². The Morgan fingerprint density at radius 1 is 1.50 bits per heavy atom. The monoisotopic (exact) mass is 227 g/mol. The van der Waals surface area contributed by atoms with Crippen molar-refractivity contribution in [1.29, 1.82) is 0 Å². The summed E-state index contributed by atoms with van der Waals surface area (Å²) in [5.74, 6) is 0.979. The number of hydrogen-bond donors (Lipinski definition) is 0. The molecule has 0 radical (unpaired) electrons. The van der Waals surface area contributed by atoms with Crippen molar-refractivity contribution in [3.63, 3.8) is 0 Å². The Morgan fingerprint density at radius 2 is 2.33 bits per heavy atom. The summed E-state index contributed by atoms with van der Waals surface area (Å²) in [4.78, 5) is 2.20. The van der Waals surface area contributed by atoms with Crippen molar-refractivity contribution < 1.29 is 4.74 Å². The van der Waals surface area contributed by atoms with E-state index in [1.54, 1.807) is 0 Å². The summed E-state index contributed by atoms with van der Waals surface area (Å²) in [5, 5.41) is 0. The molecule has 0 N–H and O–H groups in total. The van der Waals surface area contributed by atoms with Gasteiger partial charge < -0.3 is 9.64 Å². The number of rotatable bonds is 0. The molecule has 1 aliphatic rings. The Morgan fingerprint density at radius 3 is 3.17 bits per heavy atom. The van der Waals surface area contributed by atoms with Gasteiger partial charge in [-0.2, -0.15) is 0 Å². The lowest BCUT2D eigenvalue weighted by Gasteiger charge is -2.27. The van der Waals surface area contributed by atoms with Gasteiger partial charge in [0.25, 0.3) is 0 Å². The quantitative estimate of drug-likeness (QED) is 0.675. The first-order valence-corrected chi connectivity index (χ1v) is 4.70. The minimum absolute atomic E-state index is 0.783. The molecule has 0 unspecified atom stereocenters. The SMILES string of the molecule is CN1CCOc2ccc(Br)cc21. The minimum atomic E-state index is 0.783. The molecule has 0 aromatic heterocycles. The normalized spacial score (nSPS) is 15.3. The average molecular weight is 228 g/mol. The zero-order valence-electron chi connectivity index (χ0n) is 6.88. The molecule has 2 nitrogen and oxygen atoms in total. The van der Waals surface area contributed by atoms with Crippen LogP contribution in [0.4, 0.5) is 5.69 Å². The molecule has 64 valence electrons. The van der Waals surface area contributed by atoms with E-state index in [0.717, 1.165) is 29.1 Å². The first-order valence-electron chi connectivity index (χ1n) is 3.91. The second-order valence-electron chi connectivity index (χ2n) is 2.88. The third kappa shape index (κ3) is 1.29. The van der Waals surface area contributed by atoms with Gasteiger partial charge in [-0.15, -0.1) is 0 Å². The van der Waals surface area contributed by atoms with E-state index in [1.807, 2.05) is 12.1 Å². The molecule has 0 spiro atoms. The predicted molar refractivity (Wildman–Crippen MR) is 52.9 cm³/mol. The average Bonchev–Trinajstić information content (AvgIpc) is 2.07. The number of likely N-dealkylation sites (N-methyl/N-ethyl adjacent to an activating group) is 1. The molecule has 0 fully saturated rings. The zero-order chi connectivity index (χ0) is 8.55. The molecule has 1 aliphatic heterocycles. The van der Waals surface area contributed by atoms with Crippen LogP contribution in [0.5, 0.6) is 5.75 Å². The number of halogens is 1. The largest absolute Gasteiger partial charge is 0.490 e. The Kier molecular flexibility index (Phi) is 1.97. The van der Waals surface area contributed by atoms with Crippen molar-refractivity contribution in [2.75, 3.05) is 25.1 Å². The van der Waals surface area contributed by atoms with Crippen LogP contribution in [0.2, 0.25) is 0 Å². The molecule has 1 aromatic rings. The Bertz CT molecular complexity index is 301. The molecular weight excluding hydrogens is 218 g/mol. The molecule has 0 aliphatic carbocycles. The van der Waals surface area contributed by atoms with Crippen LogP contribution in [0.25, 0.3) is 0 Å². The molecule has 3 heteroatoms. The summed E-state index contributed by atoms with van der Waals surface area (Å²) in [6.45, 7) is 1.74. The first kappa shape index (κ1) is 7.92. The van der Waals surface area contributed by atoms with E-state index in [-0.39, 0.29) is 0 Å². The highest BCUT2D eigenvalue weighted by Gasteiger charge is 2.13. The van der Waals surface area contributed by atoms with Gasteiger partial charge in [-0.05, 0) is 18.2 Å². The van der Waals surface area contributed by atoms with Crippen molar-refractivity contribution in [3.05, 3.63) is 22.7 Å². The lowest BCUT2D eigenvalue weighted by Crippen LogP contribution is -2.28. The van der Waals surface area contributed by atoms with Gasteiger partial charge in [-0.25, -0.2) is 0 Å². The second kappa shape index (κ2) is 2.98.